The Kier molecular flexibility index (Phi) is 8.08. The van der Waals surface area contributed by atoms with Gasteiger partial charge in [0.1, 0.15) is 0 Å². The summed E-state index contributed by atoms with van der Waals surface area (Å²) < 4.78 is 24.9. The number of hydrogen-bond acceptors (Lipinski definition) is 7. The fourth-order valence-electron chi connectivity index (χ4n) is 1.60. The number of aromatic nitrogens is 4. The molecule has 0 aliphatic carbocycles. The van der Waals surface area contributed by atoms with Gasteiger partial charge in [-0.15, -0.1) is 5.10 Å². The summed E-state index contributed by atoms with van der Waals surface area (Å²) in [5, 5.41) is 15.4. The minimum atomic E-state index is -2.93. The van der Waals surface area contributed by atoms with Crippen molar-refractivity contribution in [2.45, 2.75) is 38.4 Å². The topological polar surface area (TPSA) is 89.8 Å². The molecule has 9 heteroatoms. The molecular weight excluding hydrogens is 298 g/mol. The van der Waals surface area contributed by atoms with Gasteiger partial charge in [-0.3, -0.25) is 0 Å². The summed E-state index contributed by atoms with van der Waals surface area (Å²) in [5.41, 5.74) is 0. The molecule has 0 aromatic carbocycles. The lowest BCUT2D eigenvalue weighted by Crippen LogP contribution is -2.21. The van der Waals surface area contributed by atoms with Crippen molar-refractivity contribution in [1.82, 2.24) is 25.5 Å². The van der Waals surface area contributed by atoms with Crippen LogP contribution in [0.3, 0.4) is 0 Å². The van der Waals surface area contributed by atoms with Crippen molar-refractivity contribution < 1.29 is 8.42 Å². The van der Waals surface area contributed by atoms with E-state index in [-0.39, 0.29) is 11.5 Å². The highest BCUT2D eigenvalue weighted by Crippen LogP contribution is 2.14. The molecule has 0 unspecified atom stereocenters. The Balaban J connectivity index is 2.35. The van der Waals surface area contributed by atoms with Crippen LogP contribution in [0.25, 0.3) is 0 Å². The molecule has 116 valence electrons. The zero-order chi connectivity index (χ0) is 14.8. The maximum absolute atomic E-state index is 11.6. The molecule has 1 aromatic rings. The summed E-state index contributed by atoms with van der Waals surface area (Å²) in [6.07, 6.45) is 1.75. The van der Waals surface area contributed by atoms with Crippen molar-refractivity contribution in [3.8, 4) is 0 Å². The number of nitrogens with one attached hydrogen (secondary N) is 1. The molecule has 0 fully saturated rings. The Hall–Kier alpha value is -0.670. The van der Waals surface area contributed by atoms with Crippen molar-refractivity contribution in [3.63, 3.8) is 0 Å². The van der Waals surface area contributed by atoms with Crippen LogP contribution in [-0.2, 0) is 16.4 Å². The van der Waals surface area contributed by atoms with E-state index in [4.69, 9.17) is 0 Å². The molecule has 1 aromatic heterocycles. The SMILES string of the molecule is CCCNCCn1nnnc1SCCS(=O)(=O)CCC. The number of hydrogen-bond donors (Lipinski definition) is 1. The number of tetrazole rings is 1. The molecule has 1 heterocycles. The highest BCUT2D eigenvalue weighted by molar-refractivity contribution is 8.00. The molecule has 0 saturated heterocycles. The van der Waals surface area contributed by atoms with Crippen molar-refractivity contribution in [3.05, 3.63) is 0 Å². The van der Waals surface area contributed by atoms with Crippen molar-refractivity contribution in [2.24, 2.45) is 0 Å². The van der Waals surface area contributed by atoms with Crippen LogP contribution in [0.15, 0.2) is 5.16 Å². The van der Waals surface area contributed by atoms with Crippen molar-refractivity contribution in [2.75, 3.05) is 30.3 Å². The molecule has 0 bridgehead atoms. The van der Waals surface area contributed by atoms with Crippen LogP contribution in [-0.4, -0.2) is 59.0 Å². The van der Waals surface area contributed by atoms with E-state index in [0.29, 0.717) is 23.9 Å². The summed E-state index contributed by atoms with van der Waals surface area (Å²) in [6, 6.07) is 0. The molecule has 0 spiro atoms. The zero-order valence-electron chi connectivity index (χ0n) is 12.1. The van der Waals surface area contributed by atoms with Crippen LogP contribution in [0.2, 0.25) is 0 Å². The first-order valence-corrected chi connectivity index (χ1v) is 9.70. The van der Waals surface area contributed by atoms with Gasteiger partial charge in [-0.2, -0.15) is 0 Å². The lowest BCUT2D eigenvalue weighted by molar-refractivity contribution is 0.510. The number of rotatable bonds is 11. The van der Waals surface area contributed by atoms with Crippen LogP contribution in [0.5, 0.6) is 0 Å². The third-order valence-electron chi connectivity index (χ3n) is 2.57. The fourth-order valence-corrected chi connectivity index (χ4v) is 4.33. The molecule has 7 nitrogen and oxygen atoms in total. The van der Waals surface area contributed by atoms with Crippen molar-refractivity contribution >= 4 is 21.6 Å². The second-order valence-electron chi connectivity index (χ2n) is 4.43. The van der Waals surface area contributed by atoms with Gasteiger partial charge in [0.2, 0.25) is 5.16 Å². The first-order valence-electron chi connectivity index (χ1n) is 6.89. The van der Waals surface area contributed by atoms with E-state index in [1.807, 2.05) is 6.92 Å². The van der Waals surface area contributed by atoms with Gasteiger partial charge >= 0.3 is 0 Å². The van der Waals surface area contributed by atoms with Gasteiger partial charge in [0.05, 0.1) is 12.3 Å². The monoisotopic (exact) mass is 321 g/mol. The van der Waals surface area contributed by atoms with Gasteiger partial charge in [-0.1, -0.05) is 25.6 Å². The molecule has 1 N–H and O–H groups in total. The Morgan fingerprint density at radius 2 is 2.00 bits per heavy atom. The lowest BCUT2D eigenvalue weighted by atomic mass is 10.5. The zero-order valence-corrected chi connectivity index (χ0v) is 13.7. The first kappa shape index (κ1) is 17.4. The van der Waals surface area contributed by atoms with E-state index in [0.717, 1.165) is 19.5 Å². The van der Waals surface area contributed by atoms with Crippen LogP contribution in [0.1, 0.15) is 26.7 Å². The van der Waals surface area contributed by atoms with E-state index in [9.17, 15) is 8.42 Å². The van der Waals surface area contributed by atoms with Gasteiger partial charge in [0.25, 0.3) is 0 Å². The summed E-state index contributed by atoms with van der Waals surface area (Å²) in [6.45, 7) is 6.45. The van der Waals surface area contributed by atoms with Gasteiger partial charge < -0.3 is 5.32 Å². The quantitative estimate of drug-likeness (QED) is 0.471. The predicted molar refractivity (Wildman–Crippen MR) is 80.6 cm³/mol. The van der Waals surface area contributed by atoms with Gasteiger partial charge in [0, 0.05) is 18.1 Å². The second kappa shape index (κ2) is 9.30. The first-order chi connectivity index (χ1) is 9.59. The Labute approximate surface area is 124 Å². The van der Waals surface area contributed by atoms with E-state index >= 15 is 0 Å². The van der Waals surface area contributed by atoms with E-state index in [1.54, 1.807) is 4.68 Å². The van der Waals surface area contributed by atoms with Gasteiger partial charge in [-0.05, 0) is 29.8 Å². The average Bonchev–Trinajstić information content (AvgIpc) is 2.82. The molecule has 0 radical (unpaired) electrons. The Morgan fingerprint density at radius 3 is 2.70 bits per heavy atom. The smallest absolute Gasteiger partial charge is 0.209 e. The van der Waals surface area contributed by atoms with Crippen LogP contribution in [0.4, 0.5) is 0 Å². The predicted octanol–water partition coefficient (Wildman–Crippen LogP) is 0.590. The highest BCUT2D eigenvalue weighted by atomic mass is 32.2. The van der Waals surface area contributed by atoms with E-state index < -0.39 is 9.84 Å². The molecular formula is C11H23N5O2S2. The van der Waals surface area contributed by atoms with Crippen LogP contribution in [0, 0.1) is 0 Å². The summed E-state index contributed by atoms with van der Waals surface area (Å²) in [5.74, 6) is 0.914. The van der Waals surface area contributed by atoms with Crippen LogP contribution >= 0.6 is 11.8 Å². The lowest BCUT2D eigenvalue weighted by Gasteiger charge is -2.05. The third-order valence-corrected chi connectivity index (χ3v) is 5.64. The standard InChI is InChI=1S/C11H23N5O2S2/c1-3-5-12-6-7-16-11(13-14-15-16)19-8-10-20(17,18)9-4-2/h12H,3-10H2,1-2H3. The molecule has 0 aliphatic rings. The molecule has 1 rings (SSSR count). The van der Waals surface area contributed by atoms with Crippen LogP contribution < -0.4 is 5.32 Å². The normalized spacial score (nSPS) is 11.9. The maximum atomic E-state index is 11.6. The largest absolute Gasteiger partial charge is 0.315 e. The molecule has 20 heavy (non-hydrogen) atoms. The summed E-state index contributed by atoms with van der Waals surface area (Å²) in [7, 11) is -2.93. The molecule has 0 saturated carbocycles. The fraction of sp³-hybridized carbons (Fsp3) is 0.909. The van der Waals surface area contributed by atoms with E-state index in [1.165, 1.54) is 11.8 Å². The highest BCUT2D eigenvalue weighted by Gasteiger charge is 2.12. The minimum absolute atomic E-state index is 0.173. The maximum Gasteiger partial charge on any atom is 0.209 e. The Morgan fingerprint density at radius 1 is 1.20 bits per heavy atom. The van der Waals surface area contributed by atoms with Crippen molar-refractivity contribution in [1.29, 1.82) is 0 Å². The number of sulfone groups is 1. The molecule has 0 amide bonds. The molecule has 0 aliphatic heterocycles. The number of nitrogens with zero attached hydrogens (tertiary/aromatic N) is 4. The Bertz CT molecular complexity index is 475. The minimum Gasteiger partial charge on any atom is -0.315 e. The molecule has 0 atom stereocenters. The summed E-state index contributed by atoms with van der Waals surface area (Å²) in [4.78, 5) is 0. The van der Waals surface area contributed by atoms with Gasteiger partial charge in [0.15, 0.2) is 9.84 Å². The summed E-state index contributed by atoms with van der Waals surface area (Å²) >= 11 is 1.39. The van der Waals surface area contributed by atoms with Gasteiger partial charge in [-0.25, -0.2) is 13.1 Å². The third kappa shape index (κ3) is 6.67. The average molecular weight is 321 g/mol. The second-order valence-corrected chi connectivity index (χ2v) is 7.80. The van der Waals surface area contributed by atoms with E-state index in [2.05, 4.69) is 27.8 Å². The number of thioether (sulfide) groups is 1.